The average molecular weight is 259 g/mol. The lowest BCUT2D eigenvalue weighted by Gasteiger charge is -2.08. The number of aryl methyl sites for hydroxylation is 1. The highest BCUT2D eigenvalue weighted by molar-refractivity contribution is 5.35. The highest BCUT2D eigenvalue weighted by atomic mass is 16.5. The fourth-order valence-corrected chi connectivity index (χ4v) is 1.66. The minimum Gasteiger partial charge on any atom is -0.497 e. The maximum atomic E-state index is 5.66. The largest absolute Gasteiger partial charge is 0.497 e. The first-order valence-corrected chi connectivity index (χ1v) is 6.00. The Morgan fingerprint density at radius 2 is 1.95 bits per heavy atom. The number of nitrogens with one attached hydrogen (secondary N) is 1. The molecule has 19 heavy (non-hydrogen) atoms. The van der Waals surface area contributed by atoms with Crippen molar-refractivity contribution in [1.82, 2.24) is 9.97 Å². The van der Waals surface area contributed by atoms with Crippen molar-refractivity contribution in [3.8, 4) is 11.5 Å². The highest BCUT2D eigenvalue weighted by Gasteiger charge is 2.03. The zero-order valence-electron chi connectivity index (χ0n) is 11.3. The molecule has 1 aromatic carbocycles. The number of nitrogens with zero attached hydrogens (tertiary/aromatic N) is 2. The van der Waals surface area contributed by atoms with Gasteiger partial charge in [-0.3, -0.25) is 0 Å². The number of hydrogen-bond acceptors (Lipinski definition) is 5. The van der Waals surface area contributed by atoms with Crippen LogP contribution in [0, 0.1) is 6.92 Å². The van der Waals surface area contributed by atoms with Crippen molar-refractivity contribution in [2.75, 3.05) is 19.5 Å². The van der Waals surface area contributed by atoms with E-state index in [4.69, 9.17) is 9.47 Å². The predicted octanol–water partition coefficient (Wildman–Crippen LogP) is 2.41. The van der Waals surface area contributed by atoms with E-state index in [9.17, 15) is 0 Å². The Balaban J connectivity index is 2.07. The van der Waals surface area contributed by atoms with Gasteiger partial charge in [-0.2, -0.15) is 0 Å². The Labute approximate surface area is 112 Å². The SMILES string of the molecule is CNc1cc(C)nc(COc2cccc(OC)c2)n1. The van der Waals surface area contributed by atoms with Crippen LogP contribution in [0.3, 0.4) is 0 Å². The number of methoxy groups -OCH3 is 1. The van der Waals surface area contributed by atoms with E-state index in [0.29, 0.717) is 12.4 Å². The minimum absolute atomic E-state index is 0.323. The van der Waals surface area contributed by atoms with Crippen LogP contribution in [0.5, 0.6) is 11.5 Å². The molecule has 100 valence electrons. The summed E-state index contributed by atoms with van der Waals surface area (Å²) in [6.07, 6.45) is 0. The standard InChI is InChI=1S/C14H17N3O2/c1-10-7-13(15-2)17-14(16-10)9-19-12-6-4-5-11(8-12)18-3/h4-8H,9H2,1-3H3,(H,15,16,17). The fourth-order valence-electron chi connectivity index (χ4n) is 1.66. The molecular formula is C14H17N3O2. The molecule has 0 saturated heterocycles. The van der Waals surface area contributed by atoms with Gasteiger partial charge in [0.25, 0.3) is 0 Å². The molecule has 1 N–H and O–H groups in total. The second kappa shape index (κ2) is 6.04. The summed E-state index contributed by atoms with van der Waals surface area (Å²) in [6, 6.07) is 9.33. The van der Waals surface area contributed by atoms with Crippen LogP contribution in [-0.2, 0) is 6.61 Å². The van der Waals surface area contributed by atoms with E-state index >= 15 is 0 Å². The summed E-state index contributed by atoms with van der Waals surface area (Å²) >= 11 is 0. The Morgan fingerprint density at radius 1 is 1.16 bits per heavy atom. The smallest absolute Gasteiger partial charge is 0.168 e. The van der Waals surface area contributed by atoms with Gasteiger partial charge >= 0.3 is 0 Å². The van der Waals surface area contributed by atoms with E-state index in [-0.39, 0.29) is 0 Å². The Morgan fingerprint density at radius 3 is 2.68 bits per heavy atom. The Kier molecular flexibility index (Phi) is 4.18. The molecule has 0 saturated carbocycles. The molecule has 0 fully saturated rings. The van der Waals surface area contributed by atoms with Crippen molar-refractivity contribution in [1.29, 1.82) is 0 Å². The fraction of sp³-hybridized carbons (Fsp3) is 0.286. The van der Waals surface area contributed by atoms with Crippen molar-refractivity contribution in [3.05, 3.63) is 41.9 Å². The number of rotatable bonds is 5. The summed E-state index contributed by atoms with van der Waals surface area (Å²) in [5, 5.41) is 3.00. The maximum Gasteiger partial charge on any atom is 0.168 e. The second-order valence-corrected chi connectivity index (χ2v) is 4.03. The van der Waals surface area contributed by atoms with E-state index in [0.717, 1.165) is 23.0 Å². The van der Waals surface area contributed by atoms with Crippen molar-refractivity contribution in [2.24, 2.45) is 0 Å². The van der Waals surface area contributed by atoms with E-state index in [2.05, 4.69) is 15.3 Å². The lowest BCUT2D eigenvalue weighted by molar-refractivity contribution is 0.293. The molecule has 0 radical (unpaired) electrons. The van der Waals surface area contributed by atoms with Crippen LogP contribution >= 0.6 is 0 Å². The number of hydrogen-bond donors (Lipinski definition) is 1. The van der Waals surface area contributed by atoms with Crippen LogP contribution in [0.1, 0.15) is 11.5 Å². The summed E-state index contributed by atoms with van der Waals surface area (Å²) in [4.78, 5) is 8.66. The molecule has 0 aliphatic rings. The van der Waals surface area contributed by atoms with Gasteiger partial charge in [-0.25, -0.2) is 9.97 Å². The van der Waals surface area contributed by atoms with Crippen molar-refractivity contribution >= 4 is 5.82 Å². The van der Waals surface area contributed by atoms with Crippen LogP contribution in [0.4, 0.5) is 5.82 Å². The van der Waals surface area contributed by atoms with Crippen LogP contribution in [0.15, 0.2) is 30.3 Å². The third kappa shape index (κ3) is 3.58. The van der Waals surface area contributed by atoms with E-state index in [1.165, 1.54) is 0 Å². The Bertz CT molecular complexity index is 558. The molecule has 5 heteroatoms. The van der Waals surface area contributed by atoms with Crippen LogP contribution in [0.25, 0.3) is 0 Å². The van der Waals surface area contributed by atoms with Crippen LogP contribution in [0.2, 0.25) is 0 Å². The summed E-state index contributed by atoms with van der Waals surface area (Å²) < 4.78 is 10.8. The van der Waals surface area contributed by atoms with E-state index in [1.54, 1.807) is 7.11 Å². The molecule has 1 aromatic heterocycles. The molecule has 5 nitrogen and oxygen atoms in total. The highest BCUT2D eigenvalue weighted by Crippen LogP contribution is 2.19. The van der Waals surface area contributed by atoms with E-state index < -0.39 is 0 Å². The topological polar surface area (TPSA) is 56.3 Å². The molecule has 0 bridgehead atoms. The molecule has 0 aliphatic heterocycles. The van der Waals surface area contributed by atoms with Gasteiger partial charge in [0.1, 0.15) is 23.9 Å². The average Bonchev–Trinajstić information content (AvgIpc) is 2.44. The van der Waals surface area contributed by atoms with Gasteiger partial charge in [0.2, 0.25) is 0 Å². The minimum atomic E-state index is 0.323. The van der Waals surface area contributed by atoms with E-state index in [1.807, 2.05) is 44.3 Å². The summed E-state index contributed by atoms with van der Waals surface area (Å²) in [5.41, 5.74) is 0.906. The summed E-state index contributed by atoms with van der Waals surface area (Å²) in [6.45, 7) is 2.25. The third-order valence-electron chi connectivity index (χ3n) is 2.57. The first-order chi connectivity index (χ1) is 9.21. The number of ether oxygens (including phenoxy) is 2. The molecule has 1 heterocycles. The van der Waals surface area contributed by atoms with Gasteiger partial charge in [0.05, 0.1) is 7.11 Å². The van der Waals surface area contributed by atoms with Crippen LogP contribution < -0.4 is 14.8 Å². The van der Waals surface area contributed by atoms with Crippen molar-refractivity contribution in [3.63, 3.8) is 0 Å². The number of benzene rings is 1. The van der Waals surface area contributed by atoms with Gasteiger partial charge in [-0.1, -0.05) is 6.07 Å². The van der Waals surface area contributed by atoms with Crippen molar-refractivity contribution < 1.29 is 9.47 Å². The monoisotopic (exact) mass is 259 g/mol. The zero-order chi connectivity index (χ0) is 13.7. The predicted molar refractivity (Wildman–Crippen MR) is 73.6 cm³/mol. The molecule has 0 amide bonds. The first-order valence-electron chi connectivity index (χ1n) is 6.00. The first kappa shape index (κ1) is 13.1. The van der Waals surface area contributed by atoms with Gasteiger partial charge in [-0.15, -0.1) is 0 Å². The summed E-state index contributed by atoms with van der Waals surface area (Å²) in [7, 11) is 3.45. The molecule has 0 unspecified atom stereocenters. The summed E-state index contributed by atoms with van der Waals surface area (Å²) in [5.74, 6) is 2.93. The van der Waals surface area contributed by atoms with Gasteiger partial charge in [-0.05, 0) is 19.1 Å². The van der Waals surface area contributed by atoms with Crippen molar-refractivity contribution in [2.45, 2.75) is 13.5 Å². The number of anilines is 1. The quantitative estimate of drug-likeness (QED) is 0.893. The molecule has 0 aliphatic carbocycles. The molecule has 2 rings (SSSR count). The maximum absolute atomic E-state index is 5.66. The third-order valence-corrected chi connectivity index (χ3v) is 2.57. The number of aromatic nitrogens is 2. The lowest BCUT2D eigenvalue weighted by atomic mass is 10.3. The van der Waals surface area contributed by atoms with Crippen LogP contribution in [-0.4, -0.2) is 24.1 Å². The molecule has 0 spiro atoms. The van der Waals surface area contributed by atoms with Gasteiger partial charge in [0, 0.05) is 24.9 Å². The normalized spacial score (nSPS) is 10.1. The lowest BCUT2D eigenvalue weighted by Crippen LogP contribution is -2.05. The molecule has 0 atom stereocenters. The zero-order valence-corrected chi connectivity index (χ0v) is 11.3. The van der Waals surface area contributed by atoms with Gasteiger partial charge < -0.3 is 14.8 Å². The van der Waals surface area contributed by atoms with Gasteiger partial charge in [0.15, 0.2) is 5.82 Å². The second-order valence-electron chi connectivity index (χ2n) is 4.03. The molecule has 2 aromatic rings. The molecular weight excluding hydrogens is 242 g/mol. The Hall–Kier alpha value is -2.30.